The zero-order valence-corrected chi connectivity index (χ0v) is 8.29. The van der Waals surface area contributed by atoms with Crippen LogP contribution in [0, 0.1) is 22.7 Å². The van der Waals surface area contributed by atoms with Crippen LogP contribution in [0.2, 0.25) is 0 Å². The summed E-state index contributed by atoms with van der Waals surface area (Å²) in [7, 11) is 0. The lowest BCUT2D eigenvalue weighted by molar-refractivity contribution is 0.0426. The molecule has 74 valence electrons. The zero-order valence-electron chi connectivity index (χ0n) is 8.29. The molecule has 0 aromatic carbocycles. The highest BCUT2D eigenvalue weighted by molar-refractivity contribution is 5.36. The Hall–Kier alpha value is -1.36. The van der Waals surface area contributed by atoms with Gasteiger partial charge in [0.15, 0.2) is 0 Å². The number of allylic oxidation sites excluding steroid dienone is 1. The lowest BCUT2D eigenvalue weighted by Gasteiger charge is -2.26. The molecule has 0 amide bonds. The van der Waals surface area contributed by atoms with Crippen LogP contribution in [-0.4, -0.2) is 37.7 Å². The monoisotopic (exact) mass is 191 g/mol. The molecule has 0 atom stereocenters. The fourth-order valence-corrected chi connectivity index (χ4v) is 1.29. The molecule has 1 rings (SSSR count). The lowest BCUT2D eigenvalue weighted by Crippen LogP contribution is -2.37. The molecule has 14 heavy (non-hydrogen) atoms. The molecule has 1 heterocycles. The van der Waals surface area contributed by atoms with E-state index in [4.69, 9.17) is 15.3 Å². The summed E-state index contributed by atoms with van der Waals surface area (Å²) in [6.45, 7) is 5.35. The molecule has 0 unspecified atom stereocenters. The number of ether oxygens (including phenoxy) is 1. The Morgan fingerprint density at radius 1 is 1.29 bits per heavy atom. The molecule has 0 aliphatic carbocycles. The molecule has 0 aromatic rings. The fraction of sp³-hybridized carbons (Fsp3) is 0.600. The van der Waals surface area contributed by atoms with Gasteiger partial charge in [0.05, 0.1) is 30.9 Å². The van der Waals surface area contributed by atoms with Crippen molar-refractivity contribution >= 4 is 0 Å². The van der Waals surface area contributed by atoms with E-state index in [1.54, 1.807) is 6.92 Å². The molecule has 0 saturated carbocycles. The van der Waals surface area contributed by atoms with E-state index < -0.39 is 0 Å². The third kappa shape index (κ3) is 2.85. The van der Waals surface area contributed by atoms with Gasteiger partial charge in [-0.15, -0.1) is 0 Å². The van der Waals surface area contributed by atoms with Crippen LogP contribution >= 0.6 is 0 Å². The van der Waals surface area contributed by atoms with E-state index >= 15 is 0 Å². The van der Waals surface area contributed by atoms with Crippen molar-refractivity contribution in [3.63, 3.8) is 0 Å². The summed E-state index contributed by atoms with van der Waals surface area (Å²) in [6, 6.07) is 4.08. The van der Waals surface area contributed by atoms with Gasteiger partial charge in [0.25, 0.3) is 0 Å². The number of rotatable bonds is 2. The summed E-state index contributed by atoms with van der Waals surface area (Å²) in [5, 5.41) is 17.5. The van der Waals surface area contributed by atoms with E-state index in [-0.39, 0.29) is 0 Å². The highest BCUT2D eigenvalue weighted by atomic mass is 16.5. The second-order valence-corrected chi connectivity index (χ2v) is 3.22. The molecule has 1 saturated heterocycles. The maximum Gasteiger partial charge on any atom is 0.0971 e. The number of hydrogen-bond acceptors (Lipinski definition) is 4. The average molecular weight is 191 g/mol. The zero-order chi connectivity index (χ0) is 10.4. The van der Waals surface area contributed by atoms with Gasteiger partial charge < -0.3 is 4.74 Å². The minimum absolute atomic E-state index is 0.513. The maximum absolute atomic E-state index is 8.84. The Bertz CT molecular complexity index is 302. The normalized spacial score (nSPS) is 19.4. The van der Waals surface area contributed by atoms with Crippen molar-refractivity contribution in [2.45, 2.75) is 6.92 Å². The summed E-state index contributed by atoms with van der Waals surface area (Å²) in [6.07, 6.45) is 0. The van der Waals surface area contributed by atoms with Gasteiger partial charge in [-0.1, -0.05) is 0 Å². The van der Waals surface area contributed by atoms with E-state index in [1.807, 2.05) is 6.07 Å². The minimum atomic E-state index is 0.513. The Kier molecular flexibility index (Phi) is 4.12. The molecule has 0 radical (unpaired) electrons. The van der Waals surface area contributed by atoms with Gasteiger partial charge in [-0.3, -0.25) is 4.90 Å². The van der Waals surface area contributed by atoms with Crippen molar-refractivity contribution in [3.05, 3.63) is 11.1 Å². The Morgan fingerprint density at radius 2 is 1.93 bits per heavy atom. The van der Waals surface area contributed by atoms with Gasteiger partial charge in [-0.25, -0.2) is 0 Å². The van der Waals surface area contributed by atoms with E-state index in [0.717, 1.165) is 13.1 Å². The third-order valence-corrected chi connectivity index (χ3v) is 2.24. The number of morpholine rings is 1. The molecule has 1 aliphatic heterocycles. The van der Waals surface area contributed by atoms with Crippen LogP contribution < -0.4 is 0 Å². The molecule has 4 nitrogen and oxygen atoms in total. The first kappa shape index (κ1) is 10.7. The molecular formula is C10H13N3O. The number of nitrogens with zero attached hydrogens (tertiary/aromatic N) is 3. The third-order valence-electron chi connectivity index (χ3n) is 2.24. The van der Waals surface area contributed by atoms with Crippen LogP contribution in [0.25, 0.3) is 0 Å². The minimum Gasteiger partial charge on any atom is -0.379 e. The van der Waals surface area contributed by atoms with Crippen LogP contribution in [0.5, 0.6) is 0 Å². The van der Waals surface area contributed by atoms with Crippen LogP contribution in [-0.2, 0) is 4.74 Å². The number of nitriles is 2. The predicted molar refractivity (Wildman–Crippen MR) is 51.2 cm³/mol. The molecule has 1 fully saturated rings. The van der Waals surface area contributed by atoms with Crippen molar-refractivity contribution in [1.82, 2.24) is 4.90 Å². The standard InChI is InChI=1S/C10H13N3O/c1-9(6-11)10(7-12)8-13-2-4-14-5-3-13/h2-5,8H2,1H3/b10-9+. The first-order valence-corrected chi connectivity index (χ1v) is 4.58. The SMILES string of the molecule is C/C(C#N)=C(/C#N)CN1CCOCC1. The Balaban J connectivity index is 2.58. The fourth-order valence-electron chi connectivity index (χ4n) is 1.29. The molecular weight excluding hydrogens is 178 g/mol. The van der Waals surface area contributed by atoms with Crippen LogP contribution in [0.1, 0.15) is 6.92 Å². The highest BCUT2D eigenvalue weighted by Crippen LogP contribution is 2.06. The van der Waals surface area contributed by atoms with Crippen molar-refractivity contribution < 1.29 is 4.74 Å². The first-order valence-electron chi connectivity index (χ1n) is 4.58. The Morgan fingerprint density at radius 3 is 2.43 bits per heavy atom. The molecule has 0 aromatic heterocycles. The van der Waals surface area contributed by atoms with Crippen molar-refractivity contribution in [3.8, 4) is 12.1 Å². The second kappa shape index (κ2) is 5.39. The first-order chi connectivity index (χ1) is 6.77. The van der Waals surface area contributed by atoms with E-state index in [2.05, 4.69) is 11.0 Å². The lowest BCUT2D eigenvalue weighted by atomic mass is 10.1. The molecule has 0 spiro atoms. The largest absolute Gasteiger partial charge is 0.379 e. The second-order valence-electron chi connectivity index (χ2n) is 3.22. The topological polar surface area (TPSA) is 60.0 Å². The van der Waals surface area contributed by atoms with Gasteiger partial charge >= 0.3 is 0 Å². The summed E-state index contributed by atoms with van der Waals surface area (Å²) >= 11 is 0. The van der Waals surface area contributed by atoms with Crippen molar-refractivity contribution in [1.29, 1.82) is 10.5 Å². The van der Waals surface area contributed by atoms with E-state index in [0.29, 0.717) is 30.9 Å². The van der Waals surface area contributed by atoms with Crippen LogP contribution in [0.15, 0.2) is 11.1 Å². The highest BCUT2D eigenvalue weighted by Gasteiger charge is 2.13. The smallest absolute Gasteiger partial charge is 0.0971 e. The van der Waals surface area contributed by atoms with Gasteiger partial charge in [0.2, 0.25) is 0 Å². The predicted octanol–water partition coefficient (Wildman–Crippen LogP) is 0.682. The summed E-state index contributed by atoms with van der Waals surface area (Å²) in [5.41, 5.74) is 1.08. The van der Waals surface area contributed by atoms with E-state index in [1.165, 1.54) is 0 Å². The maximum atomic E-state index is 8.84. The van der Waals surface area contributed by atoms with Gasteiger partial charge in [-0.2, -0.15) is 10.5 Å². The van der Waals surface area contributed by atoms with Gasteiger partial charge in [0, 0.05) is 25.2 Å². The van der Waals surface area contributed by atoms with Gasteiger partial charge in [0.1, 0.15) is 0 Å². The van der Waals surface area contributed by atoms with Crippen LogP contribution in [0.3, 0.4) is 0 Å². The van der Waals surface area contributed by atoms with Crippen molar-refractivity contribution in [2.24, 2.45) is 0 Å². The quantitative estimate of drug-likeness (QED) is 0.602. The van der Waals surface area contributed by atoms with Crippen LogP contribution in [0.4, 0.5) is 0 Å². The molecule has 1 aliphatic rings. The van der Waals surface area contributed by atoms with Crippen molar-refractivity contribution in [2.75, 3.05) is 32.8 Å². The summed E-state index contributed by atoms with van der Waals surface area (Å²) in [4.78, 5) is 2.13. The van der Waals surface area contributed by atoms with E-state index in [9.17, 15) is 0 Å². The average Bonchev–Trinajstić information content (AvgIpc) is 2.26. The number of hydrogen-bond donors (Lipinski definition) is 0. The molecule has 0 N–H and O–H groups in total. The Labute approximate surface area is 84.0 Å². The molecule has 4 heteroatoms. The summed E-state index contributed by atoms with van der Waals surface area (Å²) in [5.74, 6) is 0. The molecule has 0 bridgehead atoms. The summed E-state index contributed by atoms with van der Waals surface area (Å²) < 4.78 is 5.20. The van der Waals surface area contributed by atoms with Gasteiger partial charge in [-0.05, 0) is 6.92 Å².